The van der Waals surface area contributed by atoms with Gasteiger partial charge in [-0.1, -0.05) is 24.3 Å². The Bertz CT molecular complexity index is 617. The van der Waals surface area contributed by atoms with Gasteiger partial charge in [-0.25, -0.2) is 0 Å². The standard InChI is InChI=1S/C18H22N2/c1-13-12-15(20(2)3)9-11-17(13)19-18-10-8-14-6-4-5-7-16(14)18/h4-7,9,11-12,18-19H,8,10H2,1-3H3. The number of nitrogens with one attached hydrogen (secondary N) is 1. The van der Waals surface area contributed by atoms with E-state index < -0.39 is 0 Å². The zero-order valence-electron chi connectivity index (χ0n) is 12.5. The summed E-state index contributed by atoms with van der Waals surface area (Å²) in [5, 5.41) is 3.71. The van der Waals surface area contributed by atoms with Crippen LogP contribution in [-0.2, 0) is 6.42 Å². The first-order valence-electron chi connectivity index (χ1n) is 7.27. The molecule has 0 radical (unpaired) electrons. The van der Waals surface area contributed by atoms with Crippen molar-refractivity contribution >= 4 is 11.4 Å². The van der Waals surface area contributed by atoms with E-state index in [-0.39, 0.29) is 0 Å². The maximum atomic E-state index is 3.71. The summed E-state index contributed by atoms with van der Waals surface area (Å²) >= 11 is 0. The molecule has 1 N–H and O–H groups in total. The predicted molar refractivity (Wildman–Crippen MR) is 86.6 cm³/mol. The summed E-state index contributed by atoms with van der Waals surface area (Å²) in [5.41, 5.74) is 6.76. The van der Waals surface area contributed by atoms with Crippen molar-refractivity contribution < 1.29 is 0 Å². The van der Waals surface area contributed by atoms with Crippen molar-refractivity contribution in [3.05, 3.63) is 59.2 Å². The summed E-state index contributed by atoms with van der Waals surface area (Å²) in [6, 6.07) is 15.8. The van der Waals surface area contributed by atoms with Crippen LogP contribution in [0.25, 0.3) is 0 Å². The lowest BCUT2D eigenvalue weighted by atomic mass is 10.1. The Balaban J connectivity index is 1.83. The van der Waals surface area contributed by atoms with Gasteiger partial charge in [-0.3, -0.25) is 0 Å². The highest BCUT2D eigenvalue weighted by atomic mass is 15.1. The number of aryl methyl sites for hydroxylation is 2. The number of benzene rings is 2. The van der Waals surface area contributed by atoms with Crippen molar-refractivity contribution in [3.8, 4) is 0 Å². The second-order valence-corrected chi connectivity index (χ2v) is 5.83. The first kappa shape index (κ1) is 13.0. The number of anilines is 2. The van der Waals surface area contributed by atoms with E-state index in [2.05, 4.69) is 73.7 Å². The van der Waals surface area contributed by atoms with Gasteiger partial charge in [-0.05, 0) is 54.7 Å². The fraction of sp³-hybridized carbons (Fsp3) is 0.333. The quantitative estimate of drug-likeness (QED) is 0.897. The summed E-state index contributed by atoms with van der Waals surface area (Å²) in [4.78, 5) is 2.14. The molecule has 0 amide bonds. The zero-order chi connectivity index (χ0) is 14.1. The Kier molecular flexibility index (Phi) is 3.39. The summed E-state index contributed by atoms with van der Waals surface area (Å²) in [6.07, 6.45) is 2.37. The molecule has 1 unspecified atom stereocenters. The van der Waals surface area contributed by atoms with E-state index in [1.54, 1.807) is 0 Å². The van der Waals surface area contributed by atoms with Gasteiger partial charge in [-0.2, -0.15) is 0 Å². The van der Waals surface area contributed by atoms with Gasteiger partial charge in [0.05, 0.1) is 6.04 Å². The van der Waals surface area contributed by atoms with Gasteiger partial charge in [-0.15, -0.1) is 0 Å². The van der Waals surface area contributed by atoms with Crippen molar-refractivity contribution in [1.82, 2.24) is 0 Å². The van der Waals surface area contributed by atoms with Crippen LogP contribution in [0.2, 0.25) is 0 Å². The highest BCUT2D eigenvalue weighted by Crippen LogP contribution is 2.34. The molecule has 0 bridgehead atoms. The summed E-state index contributed by atoms with van der Waals surface area (Å²) < 4.78 is 0. The summed E-state index contributed by atoms with van der Waals surface area (Å²) in [5.74, 6) is 0. The molecular weight excluding hydrogens is 244 g/mol. The number of hydrogen-bond acceptors (Lipinski definition) is 2. The van der Waals surface area contributed by atoms with Crippen molar-refractivity contribution in [2.75, 3.05) is 24.3 Å². The minimum atomic E-state index is 0.454. The van der Waals surface area contributed by atoms with E-state index in [0.29, 0.717) is 6.04 Å². The molecule has 0 aliphatic heterocycles. The van der Waals surface area contributed by atoms with E-state index in [1.165, 1.54) is 40.9 Å². The highest BCUT2D eigenvalue weighted by Gasteiger charge is 2.21. The minimum Gasteiger partial charge on any atom is -0.378 e. The highest BCUT2D eigenvalue weighted by molar-refractivity contribution is 5.61. The number of fused-ring (bicyclic) bond motifs is 1. The molecule has 0 fully saturated rings. The molecular formula is C18H22N2. The molecule has 1 aliphatic rings. The van der Waals surface area contributed by atoms with Gasteiger partial charge < -0.3 is 10.2 Å². The van der Waals surface area contributed by atoms with Gasteiger partial charge >= 0.3 is 0 Å². The molecule has 0 heterocycles. The van der Waals surface area contributed by atoms with E-state index in [1.807, 2.05) is 0 Å². The van der Waals surface area contributed by atoms with Gasteiger partial charge in [0.25, 0.3) is 0 Å². The largest absolute Gasteiger partial charge is 0.378 e. The average Bonchev–Trinajstić information content (AvgIpc) is 2.84. The Morgan fingerprint density at radius 1 is 1.10 bits per heavy atom. The molecule has 0 saturated heterocycles. The molecule has 2 aromatic carbocycles. The molecule has 0 saturated carbocycles. The van der Waals surface area contributed by atoms with Crippen LogP contribution in [0.3, 0.4) is 0 Å². The van der Waals surface area contributed by atoms with Crippen LogP contribution in [0, 0.1) is 6.92 Å². The van der Waals surface area contributed by atoms with Crippen molar-refractivity contribution in [2.45, 2.75) is 25.8 Å². The zero-order valence-corrected chi connectivity index (χ0v) is 12.5. The average molecular weight is 266 g/mol. The first-order valence-corrected chi connectivity index (χ1v) is 7.27. The second kappa shape index (κ2) is 5.20. The topological polar surface area (TPSA) is 15.3 Å². The Morgan fingerprint density at radius 3 is 2.65 bits per heavy atom. The van der Waals surface area contributed by atoms with Crippen molar-refractivity contribution in [3.63, 3.8) is 0 Å². The van der Waals surface area contributed by atoms with E-state index in [4.69, 9.17) is 0 Å². The predicted octanol–water partition coefficient (Wildman–Crippen LogP) is 4.16. The lowest BCUT2D eigenvalue weighted by molar-refractivity contribution is 0.761. The van der Waals surface area contributed by atoms with E-state index >= 15 is 0 Å². The molecule has 3 rings (SSSR count). The molecule has 2 heteroatoms. The van der Waals surface area contributed by atoms with Gasteiger partial charge in [0, 0.05) is 25.5 Å². The molecule has 104 valence electrons. The first-order chi connectivity index (χ1) is 9.65. The third-order valence-corrected chi connectivity index (χ3v) is 4.19. The monoisotopic (exact) mass is 266 g/mol. The molecule has 2 nitrogen and oxygen atoms in total. The minimum absolute atomic E-state index is 0.454. The number of rotatable bonds is 3. The van der Waals surface area contributed by atoms with Gasteiger partial charge in [0.2, 0.25) is 0 Å². The molecule has 20 heavy (non-hydrogen) atoms. The number of nitrogens with zero attached hydrogens (tertiary/aromatic N) is 1. The molecule has 0 aromatic heterocycles. The lowest BCUT2D eigenvalue weighted by Gasteiger charge is -2.20. The van der Waals surface area contributed by atoms with Gasteiger partial charge in [0.15, 0.2) is 0 Å². The van der Waals surface area contributed by atoms with E-state index in [9.17, 15) is 0 Å². The lowest BCUT2D eigenvalue weighted by Crippen LogP contribution is -2.11. The Morgan fingerprint density at radius 2 is 1.90 bits per heavy atom. The van der Waals surface area contributed by atoms with Crippen LogP contribution in [0.15, 0.2) is 42.5 Å². The molecule has 2 aromatic rings. The van der Waals surface area contributed by atoms with Crippen LogP contribution < -0.4 is 10.2 Å². The summed E-state index contributed by atoms with van der Waals surface area (Å²) in [6.45, 7) is 2.18. The normalized spacial score (nSPS) is 16.9. The fourth-order valence-electron chi connectivity index (χ4n) is 2.98. The van der Waals surface area contributed by atoms with Crippen molar-refractivity contribution in [2.24, 2.45) is 0 Å². The molecule has 1 atom stereocenters. The van der Waals surface area contributed by atoms with Crippen molar-refractivity contribution in [1.29, 1.82) is 0 Å². The van der Waals surface area contributed by atoms with E-state index in [0.717, 1.165) is 0 Å². The van der Waals surface area contributed by atoms with Crippen LogP contribution in [0.4, 0.5) is 11.4 Å². The third kappa shape index (κ3) is 2.38. The third-order valence-electron chi connectivity index (χ3n) is 4.19. The summed E-state index contributed by atoms with van der Waals surface area (Å²) in [7, 11) is 4.16. The van der Waals surface area contributed by atoms with Crippen LogP contribution in [0.1, 0.15) is 29.2 Å². The second-order valence-electron chi connectivity index (χ2n) is 5.83. The van der Waals surface area contributed by atoms with Crippen LogP contribution >= 0.6 is 0 Å². The van der Waals surface area contributed by atoms with Crippen LogP contribution in [-0.4, -0.2) is 14.1 Å². The smallest absolute Gasteiger partial charge is 0.0519 e. The Hall–Kier alpha value is -1.96. The number of hydrogen-bond donors (Lipinski definition) is 1. The molecule has 0 spiro atoms. The Labute approximate surface area is 121 Å². The molecule has 1 aliphatic carbocycles. The maximum Gasteiger partial charge on any atom is 0.0519 e. The maximum absolute atomic E-state index is 3.71. The SMILES string of the molecule is Cc1cc(N(C)C)ccc1NC1CCc2ccccc21. The fourth-order valence-corrected chi connectivity index (χ4v) is 2.98. The van der Waals surface area contributed by atoms with Gasteiger partial charge in [0.1, 0.15) is 0 Å². The van der Waals surface area contributed by atoms with Crippen LogP contribution in [0.5, 0.6) is 0 Å².